The summed E-state index contributed by atoms with van der Waals surface area (Å²) < 4.78 is 0. The van der Waals surface area contributed by atoms with Crippen molar-refractivity contribution >= 4 is 29.9 Å². The van der Waals surface area contributed by atoms with Gasteiger partial charge in [0, 0.05) is 25.7 Å². The van der Waals surface area contributed by atoms with E-state index in [1.165, 1.54) is 11.9 Å². The van der Waals surface area contributed by atoms with Crippen LogP contribution in [0.3, 0.4) is 0 Å². The Morgan fingerprint density at radius 1 is 1.00 bits per heavy atom. The van der Waals surface area contributed by atoms with Crippen molar-refractivity contribution in [3.63, 3.8) is 0 Å². The molecule has 0 spiro atoms. The van der Waals surface area contributed by atoms with Gasteiger partial charge in [-0.25, -0.2) is 4.98 Å². The van der Waals surface area contributed by atoms with Crippen LogP contribution in [0.2, 0.25) is 0 Å². The Bertz CT molecular complexity index is 786. The minimum Gasteiger partial charge on any atom is -0.352 e. The summed E-state index contributed by atoms with van der Waals surface area (Å²) in [5, 5.41) is 13.4. The number of aromatic amines is 1. The second-order valence-corrected chi connectivity index (χ2v) is 5.30. The lowest BCUT2D eigenvalue weighted by atomic mass is 10.1. The molecule has 0 radical (unpaired) electrons. The average Bonchev–Trinajstić information content (AvgIpc) is 3.18. The van der Waals surface area contributed by atoms with Crippen molar-refractivity contribution in [3.05, 3.63) is 72.1 Å². The van der Waals surface area contributed by atoms with Crippen LogP contribution in [0.1, 0.15) is 11.1 Å². The summed E-state index contributed by atoms with van der Waals surface area (Å²) in [6, 6.07) is 18.4. The maximum Gasteiger partial charge on any atom is 0.191 e. The number of rotatable bonds is 5. The van der Waals surface area contributed by atoms with Gasteiger partial charge in [-0.15, -0.1) is 24.0 Å². The second kappa shape index (κ2) is 9.77. The smallest absolute Gasteiger partial charge is 0.191 e. The van der Waals surface area contributed by atoms with Crippen LogP contribution in [0.5, 0.6) is 0 Å². The lowest BCUT2D eigenvalue weighted by Crippen LogP contribution is -2.36. The van der Waals surface area contributed by atoms with E-state index >= 15 is 0 Å². The molecule has 0 aliphatic heterocycles. The third-order valence-electron chi connectivity index (χ3n) is 3.60. The zero-order valence-electron chi connectivity index (χ0n) is 13.9. The summed E-state index contributed by atoms with van der Waals surface area (Å²) in [6.07, 6.45) is 1.51. The van der Waals surface area contributed by atoms with E-state index in [0.29, 0.717) is 6.54 Å². The number of benzene rings is 2. The molecule has 3 rings (SSSR count). The van der Waals surface area contributed by atoms with E-state index in [1.807, 2.05) is 30.3 Å². The van der Waals surface area contributed by atoms with Gasteiger partial charge in [-0.1, -0.05) is 48.5 Å². The lowest BCUT2D eigenvalue weighted by molar-refractivity contribution is 0.809. The van der Waals surface area contributed by atoms with Crippen molar-refractivity contribution in [1.82, 2.24) is 25.8 Å². The largest absolute Gasteiger partial charge is 0.352 e. The van der Waals surface area contributed by atoms with Crippen molar-refractivity contribution in [3.8, 4) is 11.4 Å². The minimum atomic E-state index is 0. The predicted molar refractivity (Wildman–Crippen MR) is 111 cm³/mol. The van der Waals surface area contributed by atoms with Crippen LogP contribution in [-0.4, -0.2) is 28.2 Å². The quantitative estimate of drug-likeness (QED) is 0.319. The number of aromatic nitrogens is 3. The molecule has 0 unspecified atom stereocenters. The summed E-state index contributed by atoms with van der Waals surface area (Å²) in [5.41, 5.74) is 3.37. The van der Waals surface area contributed by atoms with E-state index in [9.17, 15) is 0 Å². The highest BCUT2D eigenvalue weighted by molar-refractivity contribution is 14.0. The third kappa shape index (κ3) is 5.56. The third-order valence-corrected chi connectivity index (χ3v) is 3.60. The molecule has 25 heavy (non-hydrogen) atoms. The van der Waals surface area contributed by atoms with Crippen molar-refractivity contribution in [2.45, 2.75) is 13.1 Å². The van der Waals surface area contributed by atoms with Gasteiger partial charge in [0.15, 0.2) is 11.8 Å². The number of nitrogens with one attached hydrogen (secondary N) is 3. The molecule has 0 aliphatic carbocycles. The average molecular weight is 448 g/mol. The highest BCUT2D eigenvalue weighted by atomic mass is 127. The molecule has 3 N–H and O–H groups in total. The number of guanidine groups is 1. The van der Waals surface area contributed by atoms with Gasteiger partial charge in [-0.05, 0) is 17.2 Å². The molecule has 0 amide bonds. The molecule has 0 saturated carbocycles. The Morgan fingerprint density at radius 3 is 2.40 bits per heavy atom. The summed E-state index contributed by atoms with van der Waals surface area (Å²) in [4.78, 5) is 8.44. The SMILES string of the molecule is CN=C(NCc1ccccc1)NCc1cccc(-c2ncn[nH]2)c1.I. The molecule has 130 valence electrons. The van der Waals surface area contributed by atoms with E-state index in [2.05, 4.69) is 55.1 Å². The molecule has 0 saturated heterocycles. The van der Waals surface area contributed by atoms with Crippen LogP contribution in [-0.2, 0) is 13.1 Å². The van der Waals surface area contributed by atoms with Crippen LogP contribution in [0.15, 0.2) is 65.9 Å². The van der Waals surface area contributed by atoms with Crippen LogP contribution >= 0.6 is 24.0 Å². The molecule has 7 heteroatoms. The fraction of sp³-hybridized carbons (Fsp3) is 0.167. The van der Waals surface area contributed by atoms with Crippen LogP contribution in [0, 0.1) is 0 Å². The van der Waals surface area contributed by atoms with E-state index in [1.54, 1.807) is 7.05 Å². The molecule has 6 nitrogen and oxygen atoms in total. The predicted octanol–water partition coefficient (Wildman–Crippen LogP) is 2.95. The fourth-order valence-corrected chi connectivity index (χ4v) is 2.36. The number of hydrogen-bond donors (Lipinski definition) is 3. The Balaban J connectivity index is 0.00000225. The van der Waals surface area contributed by atoms with Crippen LogP contribution in [0.25, 0.3) is 11.4 Å². The monoisotopic (exact) mass is 448 g/mol. The number of halogens is 1. The molecule has 0 bridgehead atoms. The maximum atomic E-state index is 4.26. The van der Waals surface area contributed by atoms with E-state index in [0.717, 1.165) is 29.5 Å². The summed E-state index contributed by atoms with van der Waals surface area (Å²) >= 11 is 0. The van der Waals surface area contributed by atoms with E-state index in [4.69, 9.17) is 0 Å². The van der Waals surface area contributed by atoms with Gasteiger partial charge in [-0.3, -0.25) is 10.1 Å². The first-order valence-corrected chi connectivity index (χ1v) is 7.78. The molecular formula is C18H21IN6. The van der Waals surface area contributed by atoms with Gasteiger partial charge < -0.3 is 10.6 Å². The summed E-state index contributed by atoms with van der Waals surface area (Å²) in [7, 11) is 1.77. The van der Waals surface area contributed by atoms with Gasteiger partial charge in [0.05, 0.1) is 0 Å². The van der Waals surface area contributed by atoms with Crippen molar-refractivity contribution < 1.29 is 0 Å². The first kappa shape index (κ1) is 18.9. The summed E-state index contributed by atoms with van der Waals surface area (Å²) in [6.45, 7) is 1.41. The molecule has 3 aromatic rings. The molecule has 0 atom stereocenters. The molecule has 1 heterocycles. The van der Waals surface area contributed by atoms with Gasteiger partial charge in [-0.2, -0.15) is 5.10 Å². The topological polar surface area (TPSA) is 78.0 Å². The Labute approximate surface area is 164 Å². The standard InChI is InChI=1S/C18H20N6.HI/c1-19-18(20-11-14-6-3-2-4-7-14)21-12-15-8-5-9-16(10-15)17-22-13-23-24-17;/h2-10,13H,11-12H2,1H3,(H2,19,20,21)(H,22,23,24);1H. The normalized spacial score (nSPS) is 10.8. The van der Waals surface area contributed by atoms with Crippen LogP contribution in [0.4, 0.5) is 0 Å². The van der Waals surface area contributed by atoms with Crippen LogP contribution < -0.4 is 10.6 Å². The molecule has 0 fully saturated rings. The lowest BCUT2D eigenvalue weighted by Gasteiger charge is -2.12. The first-order valence-electron chi connectivity index (χ1n) is 7.78. The van der Waals surface area contributed by atoms with Gasteiger partial charge in [0.1, 0.15) is 6.33 Å². The Hall–Kier alpha value is -2.42. The van der Waals surface area contributed by atoms with E-state index in [-0.39, 0.29) is 24.0 Å². The van der Waals surface area contributed by atoms with Gasteiger partial charge >= 0.3 is 0 Å². The molecule has 0 aliphatic rings. The van der Waals surface area contributed by atoms with E-state index < -0.39 is 0 Å². The molecular weight excluding hydrogens is 427 g/mol. The first-order chi connectivity index (χ1) is 11.8. The maximum absolute atomic E-state index is 4.26. The number of H-pyrrole nitrogens is 1. The van der Waals surface area contributed by atoms with Gasteiger partial charge in [0.2, 0.25) is 0 Å². The second-order valence-electron chi connectivity index (χ2n) is 5.30. The minimum absolute atomic E-state index is 0. The zero-order valence-corrected chi connectivity index (χ0v) is 16.3. The van der Waals surface area contributed by atoms with Gasteiger partial charge in [0.25, 0.3) is 0 Å². The summed E-state index contributed by atoms with van der Waals surface area (Å²) in [5.74, 6) is 1.53. The van der Waals surface area contributed by atoms with Crippen molar-refractivity contribution in [2.24, 2.45) is 4.99 Å². The van der Waals surface area contributed by atoms with Crippen molar-refractivity contribution in [1.29, 1.82) is 0 Å². The zero-order chi connectivity index (χ0) is 16.6. The van der Waals surface area contributed by atoms with Crippen molar-refractivity contribution in [2.75, 3.05) is 7.05 Å². The number of nitrogens with zero attached hydrogens (tertiary/aromatic N) is 3. The Morgan fingerprint density at radius 2 is 1.72 bits per heavy atom. The highest BCUT2D eigenvalue weighted by Crippen LogP contribution is 2.15. The fourth-order valence-electron chi connectivity index (χ4n) is 2.36. The number of hydrogen-bond acceptors (Lipinski definition) is 3. The highest BCUT2D eigenvalue weighted by Gasteiger charge is 2.03. The number of aliphatic imine (C=N–C) groups is 1. The Kier molecular flexibility index (Phi) is 7.39. The molecule has 2 aromatic carbocycles. The molecule has 1 aromatic heterocycles.